The van der Waals surface area contributed by atoms with Crippen molar-refractivity contribution in [3.63, 3.8) is 0 Å². The molecule has 1 N–H and O–H groups in total. The molecule has 0 atom stereocenters. The van der Waals surface area contributed by atoms with Crippen LogP contribution in [-0.2, 0) is 6.54 Å². The molecule has 1 aliphatic heterocycles. The highest BCUT2D eigenvalue weighted by molar-refractivity contribution is 7.15. The average molecular weight is 304 g/mol. The van der Waals surface area contributed by atoms with E-state index in [9.17, 15) is 10.1 Å². The van der Waals surface area contributed by atoms with Gasteiger partial charge in [-0.05, 0) is 7.05 Å². The predicted octanol–water partition coefficient (Wildman–Crippen LogP) is 1.17. The van der Waals surface area contributed by atoms with Crippen LogP contribution in [0.25, 0.3) is 0 Å². The smallest absolute Gasteiger partial charge is 0.299 e. The monoisotopic (exact) mass is 303 g/mol. The zero-order valence-electron chi connectivity index (χ0n) is 10.6. The molecule has 1 aromatic heterocycles. The minimum Gasteiger partial charge on any atom is -0.361 e. The first-order valence-corrected chi connectivity index (χ1v) is 6.78. The first kappa shape index (κ1) is 14.0. The van der Waals surface area contributed by atoms with E-state index in [4.69, 9.17) is 11.6 Å². The van der Waals surface area contributed by atoms with Gasteiger partial charge in [-0.3, -0.25) is 15.0 Å². The highest BCUT2D eigenvalue weighted by Crippen LogP contribution is 2.19. The third-order valence-electron chi connectivity index (χ3n) is 2.70. The van der Waals surface area contributed by atoms with E-state index in [2.05, 4.69) is 10.3 Å². The lowest BCUT2D eigenvalue weighted by molar-refractivity contribution is -0.432. The molecule has 2 rings (SSSR count). The highest BCUT2D eigenvalue weighted by Gasteiger charge is 2.28. The van der Waals surface area contributed by atoms with Crippen LogP contribution in [0.15, 0.2) is 17.7 Å². The standard InChI is InChI=1S/C10H14ClN5O2S/c1-14-5-8(16(17)18)9(15(2)6-14)12-3-7-4-13-10(11)19-7/h4,12H,3,5-6H2,1-2H3. The fraction of sp³-hybridized carbons (Fsp3) is 0.500. The third kappa shape index (κ3) is 3.34. The number of hydrogen-bond acceptors (Lipinski definition) is 7. The molecule has 7 nitrogen and oxygen atoms in total. The van der Waals surface area contributed by atoms with Gasteiger partial charge >= 0.3 is 0 Å². The summed E-state index contributed by atoms with van der Waals surface area (Å²) in [4.78, 5) is 19.3. The van der Waals surface area contributed by atoms with Crippen molar-refractivity contribution in [1.82, 2.24) is 20.1 Å². The largest absolute Gasteiger partial charge is 0.361 e. The Morgan fingerprint density at radius 3 is 2.95 bits per heavy atom. The lowest BCUT2D eigenvalue weighted by Crippen LogP contribution is -2.45. The molecule has 0 fully saturated rings. The van der Waals surface area contributed by atoms with Crippen molar-refractivity contribution >= 4 is 22.9 Å². The molecule has 9 heteroatoms. The van der Waals surface area contributed by atoms with Gasteiger partial charge in [-0.2, -0.15) is 0 Å². The summed E-state index contributed by atoms with van der Waals surface area (Å²) >= 11 is 7.11. The van der Waals surface area contributed by atoms with E-state index in [1.165, 1.54) is 11.3 Å². The maximum Gasteiger partial charge on any atom is 0.299 e. The molecule has 0 radical (unpaired) electrons. The number of aromatic nitrogens is 1. The van der Waals surface area contributed by atoms with Crippen LogP contribution in [0.3, 0.4) is 0 Å². The van der Waals surface area contributed by atoms with Gasteiger partial charge in [0.15, 0.2) is 10.3 Å². The van der Waals surface area contributed by atoms with Crippen molar-refractivity contribution in [2.75, 3.05) is 27.3 Å². The maximum atomic E-state index is 11.1. The summed E-state index contributed by atoms with van der Waals surface area (Å²) < 4.78 is 0.469. The summed E-state index contributed by atoms with van der Waals surface area (Å²) in [5, 5.41) is 14.2. The molecular formula is C10H14ClN5O2S. The molecule has 0 unspecified atom stereocenters. The number of nitro groups is 1. The summed E-state index contributed by atoms with van der Waals surface area (Å²) in [5.74, 6) is 0.549. The van der Waals surface area contributed by atoms with E-state index in [1.54, 1.807) is 6.20 Å². The zero-order valence-corrected chi connectivity index (χ0v) is 12.2. The van der Waals surface area contributed by atoms with Crippen molar-refractivity contribution in [1.29, 1.82) is 0 Å². The van der Waals surface area contributed by atoms with Crippen LogP contribution < -0.4 is 5.32 Å². The number of nitrogens with one attached hydrogen (secondary N) is 1. The minimum atomic E-state index is -0.339. The van der Waals surface area contributed by atoms with Gasteiger partial charge in [0.25, 0.3) is 5.70 Å². The SMILES string of the molecule is CN1CC([N+](=O)[O-])=C(NCc2cnc(Cl)s2)N(C)C1. The van der Waals surface area contributed by atoms with Crippen molar-refractivity contribution in [2.24, 2.45) is 0 Å². The molecule has 0 spiro atoms. The van der Waals surface area contributed by atoms with E-state index in [-0.39, 0.29) is 10.6 Å². The first-order valence-electron chi connectivity index (χ1n) is 5.58. The summed E-state index contributed by atoms with van der Waals surface area (Å²) in [6, 6.07) is 0. The topological polar surface area (TPSA) is 74.5 Å². The Morgan fingerprint density at radius 1 is 1.63 bits per heavy atom. The Bertz CT molecular complexity index is 518. The average Bonchev–Trinajstić information content (AvgIpc) is 2.73. The van der Waals surface area contributed by atoms with Crippen molar-refractivity contribution in [3.05, 3.63) is 37.2 Å². The number of halogens is 1. The van der Waals surface area contributed by atoms with Gasteiger partial charge < -0.3 is 10.2 Å². The van der Waals surface area contributed by atoms with Gasteiger partial charge in [0.05, 0.1) is 24.7 Å². The number of hydrogen-bond donors (Lipinski definition) is 1. The molecular weight excluding hydrogens is 290 g/mol. The first-order chi connectivity index (χ1) is 8.97. The second kappa shape index (κ2) is 5.72. The Hall–Kier alpha value is -1.38. The lowest BCUT2D eigenvalue weighted by Gasteiger charge is -2.32. The Labute approximate surface area is 119 Å². The summed E-state index contributed by atoms with van der Waals surface area (Å²) in [7, 11) is 3.67. The van der Waals surface area contributed by atoms with E-state index >= 15 is 0 Å². The molecule has 2 heterocycles. The van der Waals surface area contributed by atoms with Gasteiger partial charge in [-0.1, -0.05) is 11.6 Å². The molecule has 0 aliphatic carbocycles. The molecule has 0 aromatic carbocycles. The summed E-state index contributed by atoms with van der Waals surface area (Å²) in [6.45, 7) is 1.44. The lowest BCUT2D eigenvalue weighted by atomic mass is 10.3. The van der Waals surface area contributed by atoms with Gasteiger partial charge in [-0.15, -0.1) is 11.3 Å². The van der Waals surface area contributed by atoms with Crippen LogP contribution in [0.2, 0.25) is 4.47 Å². The van der Waals surface area contributed by atoms with E-state index in [1.807, 2.05) is 23.9 Å². The molecule has 0 saturated heterocycles. The Morgan fingerprint density at radius 2 is 2.37 bits per heavy atom. The van der Waals surface area contributed by atoms with Crippen molar-refractivity contribution in [2.45, 2.75) is 6.54 Å². The van der Waals surface area contributed by atoms with Gasteiger partial charge in [0.2, 0.25) is 0 Å². The number of rotatable bonds is 4. The number of thiazole rings is 1. The van der Waals surface area contributed by atoms with Crippen LogP contribution in [0.4, 0.5) is 0 Å². The van der Waals surface area contributed by atoms with Gasteiger partial charge in [-0.25, -0.2) is 4.98 Å². The van der Waals surface area contributed by atoms with Crippen molar-refractivity contribution in [3.8, 4) is 0 Å². The molecule has 1 aliphatic rings. The third-order valence-corrected chi connectivity index (χ3v) is 3.82. The van der Waals surface area contributed by atoms with Crippen LogP contribution in [0.1, 0.15) is 4.88 Å². The summed E-state index contributed by atoms with van der Waals surface area (Å²) in [6.07, 6.45) is 1.67. The molecule has 19 heavy (non-hydrogen) atoms. The fourth-order valence-corrected chi connectivity index (χ4v) is 2.87. The second-order valence-electron chi connectivity index (χ2n) is 4.34. The van der Waals surface area contributed by atoms with Crippen LogP contribution in [0, 0.1) is 10.1 Å². The molecule has 0 saturated carbocycles. The van der Waals surface area contributed by atoms with E-state index < -0.39 is 0 Å². The number of nitrogens with zero attached hydrogens (tertiary/aromatic N) is 4. The Balaban J connectivity index is 2.14. The molecule has 0 amide bonds. The highest BCUT2D eigenvalue weighted by atomic mass is 35.5. The summed E-state index contributed by atoms with van der Waals surface area (Å²) in [5.41, 5.74) is 0.173. The normalized spacial score (nSPS) is 16.9. The molecule has 1 aromatic rings. The Kier molecular flexibility index (Phi) is 4.23. The molecule has 0 bridgehead atoms. The quantitative estimate of drug-likeness (QED) is 0.665. The van der Waals surface area contributed by atoms with Crippen molar-refractivity contribution < 1.29 is 4.92 Å². The second-order valence-corrected chi connectivity index (χ2v) is 6.04. The fourth-order valence-electron chi connectivity index (χ4n) is 1.95. The molecule has 104 valence electrons. The number of likely N-dealkylation sites (N-methyl/N-ethyl adjacent to an activating group) is 1. The van der Waals surface area contributed by atoms with E-state index in [0.717, 1.165) is 4.88 Å². The van der Waals surface area contributed by atoms with Crippen LogP contribution >= 0.6 is 22.9 Å². The minimum absolute atomic E-state index is 0.173. The van der Waals surface area contributed by atoms with Gasteiger partial charge in [0.1, 0.15) is 0 Å². The maximum absolute atomic E-state index is 11.1. The van der Waals surface area contributed by atoms with Crippen LogP contribution in [0.5, 0.6) is 0 Å². The predicted molar refractivity (Wildman–Crippen MR) is 73.2 cm³/mol. The van der Waals surface area contributed by atoms with Crippen LogP contribution in [-0.4, -0.2) is 47.0 Å². The van der Waals surface area contributed by atoms with Gasteiger partial charge in [0, 0.05) is 18.1 Å². The zero-order chi connectivity index (χ0) is 14.0. The van der Waals surface area contributed by atoms with E-state index in [0.29, 0.717) is 30.0 Å².